The van der Waals surface area contributed by atoms with Crippen LogP contribution in [0, 0.1) is 6.92 Å². The molecular weight excluding hydrogens is 224 g/mol. The van der Waals surface area contributed by atoms with E-state index in [-0.39, 0.29) is 0 Å². The lowest BCUT2D eigenvalue weighted by atomic mass is 10.1. The molecule has 0 unspecified atom stereocenters. The van der Waals surface area contributed by atoms with E-state index in [1.54, 1.807) is 11.3 Å². The van der Waals surface area contributed by atoms with Crippen molar-refractivity contribution in [1.29, 1.82) is 0 Å². The minimum Gasteiger partial charge on any atom is -0.141 e. The maximum atomic E-state index is 4.18. The van der Waals surface area contributed by atoms with Crippen molar-refractivity contribution >= 4 is 33.1 Å². The van der Waals surface area contributed by atoms with Gasteiger partial charge in [-0.15, -0.1) is 16.4 Å². The van der Waals surface area contributed by atoms with Crippen molar-refractivity contribution in [3.8, 4) is 10.4 Å². The number of hydrogen-bond donors (Lipinski definition) is 0. The van der Waals surface area contributed by atoms with Gasteiger partial charge >= 0.3 is 0 Å². The van der Waals surface area contributed by atoms with Crippen molar-refractivity contribution in [3.63, 3.8) is 0 Å². The largest absolute Gasteiger partial charge is 0.141 e. The minimum absolute atomic E-state index is 1.02. The Morgan fingerprint density at radius 2 is 2.07 bits per heavy atom. The highest BCUT2D eigenvalue weighted by Crippen LogP contribution is 2.33. The first kappa shape index (κ1) is 9.00. The molecule has 15 heavy (non-hydrogen) atoms. The third-order valence-electron chi connectivity index (χ3n) is 2.28. The Bertz CT molecular complexity index is 610. The van der Waals surface area contributed by atoms with Crippen molar-refractivity contribution in [3.05, 3.63) is 35.2 Å². The van der Waals surface area contributed by atoms with Gasteiger partial charge in [-0.25, -0.2) is 0 Å². The van der Waals surface area contributed by atoms with E-state index >= 15 is 0 Å². The molecule has 3 aromatic rings. The molecule has 3 rings (SSSR count). The van der Waals surface area contributed by atoms with E-state index in [1.165, 1.54) is 26.9 Å². The molecule has 0 spiro atoms. The SMILES string of the molecule is Cc1ccc(-c2cccc3snnc23)s1. The van der Waals surface area contributed by atoms with Gasteiger partial charge in [0.25, 0.3) is 0 Å². The molecule has 2 nitrogen and oxygen atoms in total. The van der Waals surface area contributed by atoms with Crippen molar-refractivity contribution in [2.45, 2.75) is 6.92 Å². The van der Waals surface area contributed by atoms with Crippen molar-refractivity contribution in [2.24, 2.45) is 0 Å². The molecule has 0 bridgehead atoms. The van der Waals surface area contributed by atoms with Crippen LogP contribution in [0.4, 0.5) is 0 Å². The summed E-state index contributed by atoms with van der Waals surface area (Å²) in [6.45, 7) is 2.12. The van der Waals surface area contributed by atoms with Crippen molar-refractivity contribution < 1.29 is 0 Å². The second-order valence-electron chi connectivity index (χ2n) is 3.34. The Morgan fingerprint density at radius 3 is 2.87 bits per heavy atom. The minimum atomic E-state index is 1.02. The average Bonchev–Trinajstić information content (AvgIpc) is 2.84. The molecule has 0 radical (unpaired) electrons. The number of nitrogens with zero attached hydrogens (tertiary/aromatic N) is 2. The van der Waals surface area contributed by atoms with Crippen LogP contribution in [0.3, 0.4) is 0 Å². The second-order valence-corrected chi connectivity index (χ2v) is 5.41. The highest BCUT2D eigenvalue weighted by Gasteiger charge is 2.08. The van der Waals surface area contributed by atoms with E-state index in [2.05, 4.69) is 46.8 Å². The standard InChI is InChI=1S/C11H8N2S2/c1-7-5-6-9(14-7)8-3-2-4-10-11(8)12-13-15-10/h2-6H,1H3. The van der Waals surface area contributed by atoms with Crippen LogP contribution < -0.4 is 0 Å². The number of benzene rings is 1. The van der Waals surface area contributed by atoms with E-state index in [0.717, 1.165) is 10.2 Å². The smallest absolute Gasteiger partial charge is 0.114 e. The number of hydrogen-bond acceptors (Lipinski definition) is 4. The van der Waals surface area contributed by atoms with Crippen LogP contribution in [-0.2, 0) is 0 Å². The Balaban J connectivity index is 2.30. The van der Waals surface area contributed by atoms with Gasteiger partial charge < -0.3 is 0 Å². The van der Waals surface area contributed by atoms with Crippen LogP contribution in [0.15, 0.2) is 30.3 Å². The van der Waals surface area contributed by atoms with E-state index < -0.39 is 0 Å². The van der Waals surface area contributed by atoms with E-state index in [4.69, 9.17) is 0 Å². The molecular formula is C11H8N2S2. The summed E-state index contributed by atoms with van der Waals surface area (Å²) in [5.41, 5.74) is 2.21. The lowest BCUT2D eigenvalue weighted by molar-refractivity contribution is 1.20. The summed E-state index contributed by atoms with van der Waals surface area (Å²) >= 11 is 3.24. The van der Waals surface area contributed by atoms with Gasteiger partial charge in [0.15, 0.2) is 0 Å². The summed E-state index contributed by atoms with van der Waals surface area (Å²) in [7, 11) is 0. The van der Waals surface area contributed by atoms with Crippen LogP contribution in [0.2, 0.25) is 0 Å². The van der Waals surface area contributed by atoms with Crippen molar-refractivity contribution in [2.75, 3.05) is 0 Å². The molecule has 74 valence electrons. The molecule has 4 heteroatoms. The van der Waals surface area contributed by atoms with Crippen molar-refractivity contribution in [1.82, 2.24) is 9.59 Å². The lowest BCUT2D eigenvalue weighted by Gasteiger charge is -1.96. The predicted octanol–water partition coefficient (Wildman–Crippen LogP) is 3.73. The molecule has 1 aromatic carbocycles. The number of aryl methyl sites for hydroxylation is 1. The van der Waals surface area contributed by atoms with Gasteiger partial charge in [-0.2, -0.15) is 0 Å². The maximum Gasteiger partial charge on any atom is 0.114 e. The van der Waals surface area contributed by atoms with Gasteiger partial charge in [-0.05, 0) is 36.7 Å². The fourth-order valence-corrected chi connectivity index (χ4v) is 3.06. The Morgan fingerprint density at radius 1 is 1.13 bits per heavy atom. The van der Waals surface area contributed by atoms with Gasteiger partial charge in [0.2, 0.25) is 0 Å². The van der Waals surface area contributed by atoms with Crippen LogP contribution in [-0.4, -0.2) is 9.59 Å². The molecule has 2 heterocycles. The predicted molar refractivity (Wildman–Crippen MR) is 65.5 cm³/mol. The van der Waals surface area contributed by atoms with Crippen LogP contribution in [0.5, 0.6) is 0 Å². The van der Waals surface area contributed by atoms with Gasteiger partial charge in [-0.1, -0.05) is 16.6 Å². The second kappa shape index (κ2) is 3.40. The third-order valence-corrected chi connectivity index (χ3v) is 4.01. The number of aromatic nitrogens is 2. The Hall–Kier alpha value is -1.26. The third kappa shape index (κ3) is 1.46. The number of rotatable bonds is 1. The Kier molecular flexibility index (Phi) is 2.04. The zero-order chi connectivity index (χ0) is 10.3. The highest BCUT2D eigenvalue weighted by atomic mass is 32.1. The molecule has 0 aliphatic heterocycles. The van der Waals surface area contributed by atoms with E-state index in [0.29, 0.717) is 0 Å². The summed E-state index contributed by atoms with van der Waals surface area (Å²) in [4.78, 5) is 2.59. The van der Waals surface area contributed by atoms with Crippen LogP contribution in [0.1, 0.15) is 4.88 Å². The van der Waals surface area contributed by atoms with Crippen LogP contribution >= 0.6 is 22.9 Å². The van der Waals surface area contributed by atoms with E-state index in [9.17, 15) is 0 Å². The van der Waals surface area contributed by atoms with Gasteiger partial charge in [0.05, 0.1) is 4.70 Å². The van der Waals surface area contributed by atoms with Crippen LogP contribution in [0.25, 0.3) is 20.7 Å². The highest BCUT2D eigenvalue weighted by molar-refractivity contribution is 7.16. The maximum absolute atomic E-state index is 4.18. The summed E-state index contributed by atoms with van der Waals surface area (Å²) in [5.74, 6) is 0. The molecule has 0 amide bonds. The number of thiophene rings is 1. The van der Waals surface area contributed by atoms with Gasteiger partial charge in [-0.3, -0.25) is 0 Å². The normalized spacial score (nSPS) is 11.0. The summed E-state index contributed by atoms with van der Waals surface area (Å²) in [6.07, 6.45) is 0. The topological polar surface area (TPSA) is 25.8 Å². The first-order chi connectivity index (χ1) is 7.34. The quantitative estimate of drug-likeness (QED) is 0.639. The Labute approximate surface area is 95.4 Å². The monoisotopic (exact) mass is 232 g/mol. The number of fused-ring (bicyclic) bond motifs is 1. The summed E-state index contributed by atoms with van der Waals surface area (Å²) in [6, 6.07) is 10.5. The summed E-state index contributed by atoms with van der Waals surface area (Å²) in [5, 5.41) is 4.18. The molecule has 0 fully saturated rings. The first-order valence-corrected chi connectivity index (χ1v) is 6.21. The van der Waals surface area contributed by atoms with E-state index in [1.807, 2.05) is 0 Å². The molecule has 0 aliphatic carbocycles. The molecule has 0 aliphatic rings. The molecule has 2 aromatic heterocycles. The molecule has 0 atom stereocenters. The zero-order valence-corrected chi connectivity index (χ0v) is 9.73. The zero-order valence-electron chi connectivity index (χ0n) is 8.10. The molecule has 0 saturated carbocycles. The first-order valence-electron chi connectivity index (χ1n) is 4.62. The van der Waals surface area contributed by atoms with Gasteiger partial charge in [0.1, 0.15) is 5.52 Å². The fraction of sp³-hybridized carbons (Fsp3) is 0.0909. The fourth-order valence-electron chi connectivity index (χ4n) is 1.58. The lowest BCUT2D eigenvalue weighted by Crippen LogP contribution is -1.75. The van der Waals surface area contributed by atoms with Gasteiger partial charge in [0, 0.05) is 15.3 Å². The molecule has 0 saturated heterocycles. The molecule has 0 N–H and O–H groups in total. The summed E-state index contributed by atoms with van der Waals surface area (Å²) < 4.78 is 5.14. The average molecular weight is 232 g/mol.